The molecule has 0 bridgehead atoms. The summed E-state index contributed by atoms with van der Waals surface area (Å²) in [4.78, 5) is 29.3. The van der Waals surface area contributed by atoms with Crippen LogP contribution in [0, 0.1) is 0 Å². The van der Waals surface area contributed by atoms with Gasteiger partial charge >= 0.3 is 5.69 Å². The molecule has 9 heteroatoms. The van der Waals surface area contributed by atoms with Crippen molar-refractivity contribution < 1.29 is 19.4 Å². The van der Waals surface area contributed by atoms with E-state index in [1.165, 1.54) is 18.9 Å². The summed E-state index contributed by atoms with van der Waals surface area (Å²) in [6.45, 7) is 0.497. The third-order valence-corrected chi connectivity index (χ3v) is 6.03. The molecule has 0 radical (unpaired) electrons. The number of nitrogens with one attached hydrogen (secondary N) is 1. The van der Waals surface area contributed by atoms with Gasteiger partial charge < -0.3 is 19.9 Å². The van der Waals surface area contributed by atoms with Gasteiger partial charge in [0.2, 0.25) is 5.91 Å². The average Bonchev–Trinajstić information content (AvgIpc) is 2.77. The maximum Gasteiger partial charge on any atom is 0.348 e. The predicted molar refractivity (Wildman–Crippen MR) is 116 cm³/mol. The second-order valence-electron chi connectivity index (χ2n) is 6.96. The van der Waals surface area contributed by atoms with Crippen LogP contribution in [-0.2, 0) is 24.2 Å². The number of ether oxygens (including phenoxy) is 2. The average molecular weight is 434 g/mol. The van der Waals surface area contributed by atoms with Crippen LogP contribution in [0.25, 0.3) is 0 Å². The third kappa shape index (κ3) is 5.14. The molecule has 2 N–H and O–H groups in total. The molecule has 0 saturated carbocycles. The molecule has 0 atom stereocenters. The van der Waals surface area contributed by atoms with Gasteiger partial charge in [0.25, 0.3) is 0 Å². The van der Waals surface area contributed by atoms with Crippen molar-refractivity contribution in [3.05, 3.63) is 39.9 Å². The Bertz CT molecular complexity index is 960. The number of carbonyl (C=O) groups is 1. The summed E-state index contributed by atoms with van der Waals surface area (Å²) in [5.41, 5.74) is 2.25. The lowest BCUT2D eigenvalue weighted by atomic mass is 9.97. The van der Waals surface area contributed by atoms with Crippen molar-refractivity contribution in [2.24, 2.45) is 0 Å². The molecule has 1 aromatic heterocycles. The van der Waals surface area contributed by atoms with Crippen LogP contribution in [0.3, 0.4) is 0 Å². The van der Waals surface area contributed by atoms with Gasteiger partial charge in [-0.2, -0.15) is 4.98 Å². The van der Waals surface area contributed by atoms with Crippen molar-refractivity contribution in [2.45, 2.75) is 43.7 Å². The first-order valence-corrected chi connectivity index (χ1v) is 10.9. The molecule has 0 aliphatic heterocycles. The van der Waals surface area contributed by atoms with Gasteiger partial charge in [-0.15, -0.1) is 0 Å². The van der Waals surface area contributed by atoms with Crippen LogP contribution in [0.4, 0.5) is 5.69 Å². The number of methoxy groups -OCH3 is 2. The van der Waals surface area contributed by atoms with Gasteiger partial charge in [-0.3, -0.25) is 9.36 Å². The third-order valence-electron chi connectivity index (χ3n) is 5.01. The molecule has 1 heterocycles. The Morgan fingerprint density at radius 1 is 1.27 bits per heavy atom. The first-order valence-electron chi connectivity index (χ1n) is 9.95. The molecule has 1 aliphatic rings. The van der Waals surface area contributed by atoms with Crippen LogP contribution in [0.5, 0.6) is 11.5 Å². The highest BCUT2D eigenvalue weighted by atomic mass is 32.2. The summed E-state index contributed by atoms with van der Waals surface area (Å²) in [6, 6.07) is 5.18. The molecule has 3 rings (SSSR count). The first-order chi connectivity index (χ1) is 14.6. The number of carbonyl (C=O) groups excluding carboxylic acids is 1. The molecule has 0 fully saturated rings. The normalized spacial score (nSPS) is 12.9. The standard InChI is InChI=1S/C21H27N3O5S/c1-28-14-8-9-18(29-2)16(12-14)22-19(26)13-30-20-15-6-3-4-7-17(15)24(10-5-11-25)21(27)23-20/h8-9,12,25H,3-7,10-11,13H2,1-2H3,(H,22,26). The van der Waals surface area contributed by atoms with Gasteiger partial charge in [-0.25, -0.2) is 4.79 Å². The summed E-state index contributed by atoms with van der Waals surface area (Å²) in [7, 11) is 3.09. The zero-order chi connectivity index (χ0) is 21.5. The summed E-state index contributed by atoms with van der Waals surface area (Å²) < 4.78 is 12.2. The van der Waals surface area contributed by atoms with Gasteiger partial charge in [-0.1, -0.05) is 11.8 Å². The van der Waals surface area contributed by atoms with E-state index in [1.54, 1.807) is 29.9 Å². The minimum Gasteiger partial charge on any atom is -0.497 e. The van der Waals surface area contributed by atoms with Gasteiger partial charge in [0.05, 0.1) is 25.7 Å². The highest BCUT2D eigenvalue weighted by molar-refractivity contribution is 8.00. The highest BCUT2D eigenvalue weighted by Gasteiger charge is 2.21. The molecular weight excluding hydrogens is 406 g/mol. The highest BCUT2D eigenvalue weighted by Crippen LogP contribution is 2.31. The molecule has 30 heavy (non-hydrogen) atoms. The Kier molecular flexibility index (Phi) is 7.75. The fourth-order valence-electron chi connectivity index (χ4n) is 3.56. The first kappa shape index (κ1) is 22.2. The number of aromatic nitrogens is 2. The van der Waals surface area contributed by atoms with Crippen molar-refractivity contribution >= 4 is 23.4 Å². The van der Waals surface area contributed by atoms with Crippen molar-refractivity contribution in [2.75, 3.05) is 31.9 Å². The number of anilines is 1. The monoisotopic (exact) mass is 433 g/mol. The summed E-state index contributed by atoms with van der Waals surface area (Å²) in [5.74, 6) is 1.05. The number of nitrogens with zero attached hydrogens (tertiary/aromatic N) is 2. The number of fused-ring (bicyclic) bond motifs is 1. The van der Waals surface area contributed by atoms with Crippen molar-refractivity contribution in [1.29, 1.82) is 0 Å². The Morgan fingerprint density at radius 3 is 2.80 bits per heavy atom. The minimum atomic E-state index is -0.318. The van der Waals surface area contributed by atoms with E-state index in [-0.39, 0.29) is 24.0 Å². The molecule has 0 unspecified atom stereocenters. The largest absolute Gasteiger partial charge is 0.497 e. The van der Waals surface area contributed by atoms with Crippen molar-refractivity contribution in [3.63, 3.8) is 0 Å². The molecule has 1 amide bonds. The molecular formula is C21H27N3O5S. The zero-order valence-electron chi connectivity index (χ0n) is 17.3. The zero-order valence-corrected chi connectivity index (χ0v) is 18.1. The fraction of sp³-hybridized carbons (Fsp3) is 0.476. The smallest absolute Gasteiger partial charge is 0.348 e. The van der Waals surface area contributed by atoms with Crippen LogP contribution < -0.4 is 20.5 Å². The fourth-order valence-corrected chi connectivity index (χ4v) is 4.44. The quantitative estimate of drug-likeness (QED) is 0.462. The number of amides is 1. The Labute approximate surface area is 179 Å². The maximum absolute atomic E-state index is 12.5. The van der Waals surface area contributed by atoms with E-state index in [4.69, 9.17) is 14.6 Å². The van der Waals surface area contributed by atoms with E-state index in [0.717, 1.165) is 36.9 Å². The lowest BCUT2D eigenvalue weighted by Crippen LogP contribution is -2.30. The number of aliphatic hydroxyl groups excluding tert-OH is 1. The molecule has 1 aromatic carbocycles. The molecule has 2 aromatic rings. The second kappa shape index (κ2) is 10.5. The molecule has 0 saturated heterocycles. The number of aliphatic hydroxyl groups is 1. The number of hydrogen-bond acceptors (Lipinski definition) is 7. The number of benzene rings is 1. The van der Waals surface area contributed by atoms with Gasteiger partial charge in [-0.05, 0) is 44.2 Å². The van der Waals surface area contributed by atoms with E-state index in [1.807, 2.05) is 0 Å². The second-order valence-corrected chi connectivity index (χ2v) is 7.93. The lowest BCUT2D eigenvalue weighted by Gasteiger charge is -2.22. The van der Waals surface area contributed by atoms with Crippen LogP contribution in [0.1, 0.15) is 30.5 Å². The summed E-state index contributed by atoms with van der Waals surface area (Å²) in [6.07, 6.45) is 4.24. The van der Waals surface area contributed by atoms with E-state index in [2.05, 4.69) is 10.3 Å². The molecule has 162 valence electrons. The predicted octanol–water partition coefficient (Wildman–Crippen LogP) is 2.25. The van der Waals surface area contributed by atoms with E-state index >= 15 is 0 Å². The number of rotatable bonds is 9. The Hall–Kier alpha value is -2.52. The SMILES string of the molecule is COc1ccc(OC)c(NC(=O)CSc2nc(=O)n(CCCO)c3c2CCCC3)c1. The van der Waals surface area contributed by atoms with Crippen molar-refractivity contribution in [1.82, 2.24) is 9.55 Å². The van der Waals surface area contributed by atoms with Crippen molar-refractivity contribution in [3.8, 4) is 11.5 Å². The van der Waals surface area contributed by atoms with Gasteiger partial charge in [0, 0.05) is 30.5 Å². The van der Waals surface area contributed by atoms with Gasteiger partial charge in [0.15, 0.2) is 0 Å². The Balaban J connectivity index is 1.75. The van der Waals surface area contributed by atoms with Crippen LogP contribution >= 0.6 is 11.8 Å². The van der Waals surface area contributed by atoms with Gasteiger partial charge in [0.1, 0.15) is 16.5 Å². The number of thioether (sulfide) groups is 1. The van der Waals surface area contributed by atoms with Crippen LogP contribution in [-0.4, -0.2) is 47.1 Å². The summed E-state index contributed by atoms with van der Waals surface area (Å²) >= 11 is 1.27. The van der Waals surface area contributed by atoms with E-state index in [9.17, 15) is 9.59 Å². The van der Waals surface area contributed by atoms with Crippen LogP contribution in [0.2, 0.25) is 0 Å². The molecule has 1 aliphatic carbocycles. The summed E-state index contributed by atoms with van der Waals surface area (Å²) in [5, 5.41) is 12.6. The maximum atomic E-state index is 12.5. The van der Waals surface area contributed by atoms with Crippen LogP contribution in [0.15, 0.2) is 28.0 Å². The topological polar surface area (TPSA) is 103 Å². The van der Waals surface area contributed by atoms with E-state index in [0.29, 0.717) is 35.2 Å². The Morgan fingerprint density at radius 2 is 2.07 bits per heavy atom. The molecule has 8 nitrogen and oxygen atoms in total. The lowest BCUT2D eigenvalue weighted by molar-refractivity contribution is -0.113. The molecule has 0 spiro atoms. The van der Waals surface area contributed by atoms with E-state index < -0.39 is 0 Å². The number of hydrogen-bond donors (Lipinski definition) is 2. The minimum absolute atomic E-state index is 0.0334.